The molecule has 1 aromatic rings. The maximum absolute atomic E-state index is 10.8. The highest BCUT2D eigenvalue weighted by Crippen LogP contribution is 2.57. The summed E-state index contributed by atoms with van der Waals surface area (Å²) in [5.74, 6) is 1.83. The van der Waals surface area contributed by atoms with Gasteiger partial charge < -0.3 is 4.57 Å². The molecule has 1 aliphatic carbocycles. The number of rotatable bonds is 1. The molecule has 3 heteroatoms. The first-order valence-corrected chi connectivity index (χ1v) is 4.80. The average molecular weight is 176 g/mol. The van der Waals surface area contributed by atoms with E-state index in [0.29, 0.717) is 0 Å². The van der Waals surface area contributed by atoms with Crippen LogP contribution in [0.5, 0.6) is 0 Å². The summed E-state index contributed by atoms with van der Waals surface area (Å²) < 4.78 is 2.17. The van der Waals surface area contributed by atoms with Gasteiger partial charge in [0, 0.05) is 12.0 Å². The summed E-state index contributed by atoms with van der Waals surface area (Å²) in [6.07, 6.45) is 6.07. The van der Waals surface area contributed by atoms with Crippen LogP contribution in [-0.2, 0) is 12.0 Å². The van der Waals surface area contributed by atoms with Gasteiger partial charge in [0.1, 0.15) is 11.5 Å². The van der Waals surface area contributed by atoms with E-state index in [4.69, 9.17) is 0 Å². The number of fused-ring (bicyclic) bond motifs is 2. The molecule has 0 saturated heterocycles. The summed E-state index contributed by atoms with van der Waals surface area (Å²) in [5, 5.41) is 0. The summed E-state index contributed by atoms with van der Waals surface area (Å²) in [5.41, 5.74) is 1.04. The highest BCUT2D eigenvalue weighted by Gasteiger charge is 2.56. The fraction of sp³-hybridized carbons (Fsp3) is 0.600. The summed E-state index contributed by atoms with van der Waals surface area (Å²) in [4.78, 5) is 15.1. The van der Waals surface area contributed by atoms with Crippen molar-refractivity contribution in [2.75, 3.05) is 0 Å². The molecule has 1 aliphatic heterocycles. The standard InChI is InChI=1S/C10H12N2O/c1-7-4-10(7)3-2-9-11-5-8(6-13)12(9)10/h5-7H,2-4H2,1H3/t7-,10+/m0/s1. The number of hydrogen-bond acceptors (Lipinski definition) is 2. The fourth-order valence-corrected chi connectivity index (χ4v) is 2.75. The van der Waals surface area contributed by atoms with E-state index in [2.05, 4.69) is 16.5 Å². The summed E-state index contributed by atoms with van der Waals surface area (Å²) in [6.45, 7) is 2.25. The second-order valence-electron chi connectivity index (χ2n) is 4.26. The third kappa shape index (κ3) is 0.705. The third-order valence-electron chi connectivity index (χ3n) is 3.63. The summed E-state index contributed by atoms with van der Waals surface area (Å²) in [6, 6.07) is 0. The number of carbonyl (C=O) groups is 1. The second kappa shape index (κ2) is 2.03. The lowest BCUT2D eigenvalue weighted by atomic mass is 10.1. The highest BCUT2D eigenvalue weighted by atomic mass is 16.1. The number of hydrogen-bond donors (Lipinski definition) is 0. The van der Waals surface area contributed by atoms with E-state index in [1.54, 1.807) is 6.20 Å². The molecule has 1 saturated carbocycles. The molecular formula is C10H12N2O. The number of carbonyl (C=O) groups excluding carboxylic acids is 1. The van der Waals surface area contributed by atoms with Crippen molar-refractivity contribution in [1.29, 1.82) is 0 Å². The molecule has 3 nitrogen and oxygen atoms in total. The molecule has 0 N–H and O–H groups in total. The Morgan fingerprint density at radius 2 is 2.54 bits per heavy atom. The zero-order chi connectivity index (χ0) is 9.05. The van der Waals surface area contributed by atoms with Crippen LogP contribution in [0.1, 0.15) is 36.1 Å². The SMILES string of the molecule is C[C@H]1C[C@]12CCc1ncc(C=O)n12. The number of aldehydes is 1. The second-order valence-corrected chi connectivity index (χ2v) is 4.26. The van der Waals surface area contributed by atoms with Crippen molar-refractivity contribution in [2.24, 2.45) is 5.92 Å². The number of aromatic nitrogens is 2. The maximum Gasteiger partial charge on any atom is 0.168 e. The highest BCUT2D eigenvalue weighted by molar-refractivity contribution is 5.72. The van der Waals surface area contributed by atoms with Gasteiger partial charge in [-0.1, -0.05) is 6.92 Å². The Bertz CT molecular complexity index is 382. The van der Waals surface area contributed by atoms with Crippen LogP contribution in [0.2, 0.25) is 0 Å². The van der Waals surface area contributed by atoms with E-state index in [9.17, 15) is 4.79 Å². The molecule has 0 unspecified atom stereocenters. The maximum atomic E-state index is 10.8. The summed E-state index contributed by atoms with van der Waals surface area (Å²) in [7, 11) is 0. The van der Waals surface area contributed by atoms with Crippen LogP contribution in [0.3, 0.4) is 0 Å². The topological polar surface area (TPSA) is 34.9 Å². The van der Waals surface area contributed by atoms with Crippen LogP contribution in [0, 0.1) is 5.92 Å². The minimum atomic E-state index is 0.280. The largest absolute Gasteiger partial charge is 0.319 e. The predicted molar refractivity (Wildman–Crippen MR) is 47.7 cm³/mol. The Balaban J connectivity index is 2.18. The number of imidazole rings is 1. The molecule has 2 aliphatic rings. The van der Waals surface area contributed by atoms with E-state index in [0.717, 1.165) is 30.1 Å². The summed E-state index contributed by atoms with van der Waals surface area (Å²) >= 11 is 0. The lowest BCUT2D eigenvalue weighted by molar-refractivity contribution is 0.111. The zero-order valence-electron chi connectivity index (χ0n) is 7.66. The van der Waals surface area contributed by atoms with Crippen LogP contribution in [-0.4, -0.2) is 15.8 Å². The lowest BCUT2D eigenvalue weighted by Gasteiger charge is -2.12. The number of aryl methyl sites for hydroxylation is 1. The first-order valence-electron chi connectivity index (χ1n) is 4.80. The van der Waals surface area contributed by atoms with Crippen molar-refractivity contribution in [3.63, 3.8) is 0 Å². The van der Waals surface area contributed by atoms with E-state index < -0.39 is 0 Å². The van der Waals surface area contributed by atoms with Gasteiger partial charge in [-0.3, -0.25) is 4.79 Å². The monoisotopic (exact) mass is 176 g/mol. The van der Waals surface area contributed by atoms with Crippen molar-refractivity contribution >= 4 is 6.29 Å². The van der Waals surface area contributed by atoms with Gasteiger partial charge in [-0.25, -0.2) is 4.98 Å². The molecular weight excluding hydrogens is 164 g/mol. The Morgan fingerprint density at radius 1 is 1.77 bits per heavy atom. The molecule has 68 valence electrons. The van der Waals surface area contributed by atoms with Crippen molar-refractivity contribution in [3.8, 4) is 0 Å². The van der Waals surface area contributed by atoms with Crippen LogP contribution < -0.4 is 0 Å². The van der Waals surface area contributed by atoms with Crippen LogP contribution in [0.15, 0.2) is 6.20 Å². The molecule has 0 bridgehead atoms. The van der Waals surface area contributed by atoms with Crippen molar-refractivity contribution < 1.29 is 4.79 Å². The first-order chi connectivity index (χ1) is 6.28. The van der Waals surface area contributed by atoms with Gasteiger partial charge in [-0.15, -0.1) is 0 Å². The van der Waals surface area contributed by atoms with Gasteiger partial charge in [-0.2, -0.15) is 0 Å². The van der Waals surface area contributed by atoms with Crippen LogP contribution in [0.4, 0.5) is 0 Å². The van der Waals surface area contributed by atoms with Crippen LogP contribution in [0.25, 0.3) is 0 Å². The van der Waals surface area contributed by atoms with E-state index >= 15 is 0 Å². The molecule has 0 amide bonds. The molecule has 0 radical (unpaired) electrons. The van der Waals surface area contributed by atoms with Crippen LogP contribution >= 0.6 is 0 Å². The molecule has 3 rings (SSSR count). The van der Waals surface area contributed by atoms with Crippen molar-refractivity contribution in [1.82, 2.24) is 9.55 Å². The molecule has 1 fully saturated rings. The Kier molecular flexibility index (Phi) is 1.14. The van der Waals surface area contributed by atoms with Gasteiger partial charge in [-0.05, 0) is 18.8 Å². The molecule has 1 aromatic heterocycles. The lowest BCUT2D eigenvalue weighted by Crippen LogP contribution is -2.16. The van der Waals surface area contributed by atoms with Gasteiger partial charge in [0.2, 0.25) is 0 Å². The van der Waals surface area contributed by atoms with Gasteiger partial charge in [0.25, 0.3) is 0 Å². The molecule has 2 heterocycles. The predicted octanol–water partition coefficient (Wildman–Crippen LogP) is 1.38. The number of nitrogens with zero attached hydrogens (tertiary/aromatic N) is 2. The Labute approximate surface area is 76.8 Å². The quantitative estimate of drug-likeness (QED) is 0.606. The molecule has 13 heavy (non-hydrogen) atoms. The van der Waals surface area contributed by atoms with E-state index in [-0.39, 0.29) is 5.54 Å². The first kappa shape index (κ1) is 7.30. The average Bonchev–Trinajstić information content (AvgIpc) is 2.50. The van der Waals surface area contributed by atoms with Gasteiger partial charge in [0.05, 0.1) is 6.20 Å². The Morgan fingerprint density at radius 3 is 3.15 bits per heavy atom. The van der Waals surface area contributed by atoms with E-state index in [1.165, 1.54) is 12.8 Å². The Hall–Kier alpha value is -1.12. The fourth-order valence-electron chi connectivity index (χ4n) is 2.75. The third-order valence-corrected chi connectivity index (χ3v) is 3.63. The van der Waals surface area contributed by atoms with E-state index in [1.807, 2.05) is 0 Å². The molecule has 1 spiro atoms. The van der Waals surface area contributed by atoms with Gasteiger partial charge >= 0.3 is 0 Å². The zero-order valence-corrected chi connectivity index (χ0v) is 7.66. The smallest absolute Gasteiger partial charge is 0.168 e. The van der Waals surface area contributed by atoms with Crippen molar-refractivity contribution in [2.45, 2.75) is 31.7 Å². The molecule has 0 aromatic carbocycles. The minimum Gasteiger partial charge on any atom is -0.319 e. The van der Waals surface area contributed by atoms with Gasteiger partial charge in [0.15, 0.2) is 6.29 Å². The van der Waals surface area contributed by atoms with Crippen molar-refractivity contribution in [3.05, 3.63) is 17.7 Å². The molecule has 2 atom stereocenters. The minimum absolute atomic E-state index is 0.280. The normalized spacial score (nSPS) is 35.0.